The molecule has 19 heavy (non-hydrogen) atoms. The maximum Gasteiger partial charge on any atom is 0.337 e. The predicted molar refractivity (Wildman–Crippen MR) is 81.3 cm³/mol. The molecule has 7 heteroatoms. The molecule has 2 N–H and O–H groups in total. The number of carboxylic acids is 1. The van der Waals surface area contributed by atoms with Crippen LogP contribution in [0.1, 0.15) is 10.4 Å². The second-order valence-corrected chi connectivity index (χ2v) is 5.67. The van der Waals surface area contributed by atoms with Gasteiger partial charge in [-0.1, -0.05) is 0 Å². The molecular weight excluding hydrogens is 430 g/mol. The molecule has 1 heterocycles. The molecule has 0 aliphatic rings. The highest BCUT2D eigenvalue weighted by molar-refractivity contribution is 14.1. The molecule has 0 radical (unpaired) electrons. The van der Waals surface area contributed by atoms with Gasteiger partial charge in [0.25, 0.3) is 0 Å². The molecule has 4 nitrogen and oxygen atoms in total. The van der Waals surface area contributed by atoms with Gasteiger partial charge in [0.15, 0.2) is 0 Å². The van der Waals surface area contributed by atoms with E-state index in [0.29, 0.717) is 4.60 Å². The highest BCUT2D eigenvalue weighted by Gasteiger charge is 2.13. The van der Waals surface area contributed by atoms with Crippen LogP contribution < -0.4 is 5.32 Å². The summed E-state index contributed by atoms with van der Waals surface area (Å²) in [6.07, 6.45) is 1.34. The molecule has 0 fully saturated rings. The minimum absolute atomic E-state index is 0.0137. The third-order valence-electron chi connectivity index (χ3n) is 2.30. The number of hydrogen-bond donors (Lipinski definition) is 2. The second-order valence-electron chi connectivity index (χ2n) is 3.61. The molecule has 0 aliphatic heterocycles. The molecule has 0 bridgehead atoms. The Labute approximate surface area is 130 Å². The molecule has 1 aromatic carbocycles. The van der Waals surface area contributed by atoms with Crippen LogP contribution >= 0.6 is 38.5 Å². The van der Waals surface area contributed by atoms with Crippen LogP contribution in [-0.4, -0.2) is 16.1 Å². The zero-order chi connectivity index (χ0) is 14.0. The van der Waals surface area contributed by atoms with Gasteiger partial charge in [0.2, 0.25) is 0 Å². The summed E-state index contributed by atoms with van der Waals surface area (Å²) in [7, 11) is 0. The van der Waals surface area contributed by atoms with Gasteiger partial charge in [0, 0.05) is 3.57 Å². The summed E-state index contributed by atoms with van der Waals surface area (Å²) in [5, 5.41) is 11.8. The van der Waals surface area contributed by atoms with Crippen molar-refractivity contribution in [1.29, 1.82) is 0 Å². The van der Waals surface area contributed by atoms with Crippen LogP contribution in [0.5, 0.6) is 0 Å². The van der Waals surface area contributed by atoms with Crippen molar-refractivity contribution in [3.8, 4) is 0 Å². The summed E-state index contributed by atoms with van der Waals surface area (Å²) in [5.74, 6) is -1.57. The molecule has 0 saturated carbocycles. The SMILES string of the molecule is O=C(O)c1cc(Br)ncc1Nc1ccc(I)cc1F. The monoisotopic (exact) mass is 436 g/mol. The Morgan fingerprint density at radius 3 is 2.74 bits per heavy atom. The third kappa shape index (κ3) is 3.41. The molecule has 1 aromatic heterocycles. The maximum atomic E-state index is 13.7. The van der Waals surface area contributed by atoms with E-state index in [1.807, 2.05) is 22.6 Å². The Balaban J connectivity index is 2.40. The fourth-order valence-corrected chi connectivity index (χ4v) is 2.23. The number of nitrogens with one attached hydrogen (secondary N) is 1. The number of pyridine rings is 1. The van der Waals surface area contributed by atoms with E-state index < -0.39 is 11.8 Å². The van der Waals surface area contributed by atoms with Gasteiger partial charge in [-0.2, -0.15) is 0 Å². The molecule has 0 amide bonds. The van der Waals surface area contributed by atoms with E-state index in [0.717, 1.165) is 3.57 Å². The average Bonchev–Trinajstić information content (AvgIpc) is 2.34. The van der Waals surface area contributed by atoms with Crippen LogP contribution in [0.15, 0.2) is 35.1 Å². The predicted octanol–water partition coefficient (Wildman–Crippen LogP) is 4.03. The number of benzene rings is 1. The van der Waals surface area contributed by atoms with Crippen molar-refractivity contribution in [3.63, 3.8) is 0 Å². The van der Waals surface area contributed by atoms with Crippen molar-refractivity contribution in [2.45, 2.75) is 0 Å². The summed E-state index contributed by atoms with van der Waals surface area (Å²) in [4.78, 5) is 15.1. The van der Waals surface area contributed by atoms with Gasteiger partial charge in [-0.15, -0.1) is 0 Å². The summed E-state index contributed by atoms with van der Waals surface area (Å²) in [5.41, 5.74) is 0.447. The lowest BCUT2D eigenvalue weighted by molar-refractivity contribution is 0.0698. The topological polar surface area (TPSA) is 62.2 Å². The number of carbonyl (C=O) groups is 1. The first-order valence-electron chi connectivity index (χ1n) is 5.08. The number of halogens is 3. The molecule has 2 aromatic rings. The zero-order valence-electron chi connectivity index (χ0n) is 9.32. The average molecular weight is 437 g/mol. The Hall–Kier alpha value is -1.22. The van der Waals surface area contributed by atoms with Crippen LogP contribution in [0.25, 0.3) is 0 Å². The van der Waals surface area contributed by atoms with Crippen molar-refractivity contribution in [2.24, 2.45) is 0 Å². The van der Waals surface area contributed by atoms with Gasteiger partial charge in [0.1, 0.15) is 10.4 Å². The van der Waals surface area contributed by atoms with Crippen molar-refractivity contribution < 1.29 is 14.3 Å². The first-order valence-corrected chi connectivity index (χ1v) is 6.95. The Kier molecular flexibility index (Phi) is 4.35. The van der Waals surface area contributed by atoms with Crippen LogP contribution in [0, 0.1) is 9.39 Å². The van der Waals surface area contributed by atoms with E-state index in [4.69, 9.17) is 5.11 Å². The standard InChI is InChI=1S/C12H7BrFIN2O2/c13-11-4-7(12(18)19)10(5-16-11)17-9-2-1-6(15)3-8(9)14/h1-5,17H,(H,18,19). The van der Waals surface area contributed by atoms with E-state index >= 15 is 0 Å². The lowest BCUT2D eigenvalue weighted by Gasteiger charge is -2.10. The largest absolute Gasteiger partial charge is 0.478 e. The number of rotatable bonds is 3. The molecule has 98 valence electrons. The summed E-state index contributed by atoms with van der Waals surface area (Å²) >= 11 is 5.09. The molecule has 2 rings (SSSR count). The smallest absolute Gasteiger partial charge is 0.337 e. The molecule has 0 atom stereocenters. The van der Waals surface area contributed by atoms with Gasteiger partial charge >= 0.3 is 5.97 Å². The molecule has 0 spiro atoms. The van der Waals surface area contributed by atoms with Gasteiger partial charge in [-0.25, -0.2) is 14.2 Å². The number of nitrogens with zero attached hydrogens (tertiary/aromatic N) is 1. The van der Waals surface area contributed by atoms with Crippen molar-refractivity contribution in [2.75, 3.05) is 5.32 Å². The molecule has 0 saturated heterocycles. The normalized spacial score (nSPS) is 10.3. The fraction of sp³-hybridized carbons (Fsp3) is 0. The van der Waals surface area contributed by atoms with E-state index in [1.165, 1.54) is 18.3 Å². The summed E-state index contributed by atoms with van der Waals surface area (Å²) in [6, 6.07) is 5.98. The summed E-state index contributed by atoms with van der Waals surface area (Å²) in [6.45, 7) is 0. The summed E-state index contributed by atoms with van der Waals surface area (Å²) < 4.78 is 14.9. The van der Waals surface area contributed by atoms with Gasteiger partial charge < -0.3 is 10.4 Å². The number of carboxylic acid groups (broad SMARTS) is 1. The van der Waals surface area contributed by atoms with Crippen LogP contribution in [0.2, 0.25) is 0 Å². The highest BCUT2D eigenvalue weighted by atomic mass is 127. The maximum absolute atomic E-state index is 13.7. The van der Waals surface area contributed by atoms with Gasteiger partial charge in [-0.05, 0) is 62.8 Å². The lowest BCUT2D eigenvalue weighted by atomic mass is 10.2. The van der Waals surface area contributed by atoms with Crippen LogP contribution in [0.4, 0.5) is 15.8 Å². The third-order valence-corrected chi connectivity index (χ3v) is 3.41. The van der Waals surface area contributed by atoms with E-state index in [2.05, 4.69) is 26.2 Å². The van der Waals surface area contributed by atoms with Crippen molar-refractivity contribution in [3.05, 3.63) is 50.0 Å². The number of hydrogen-bond acceptors (Lipinski definition) is 3. The first-order chi connectivity index (χ1) is 8.97. The quantitative estimate of drug-likeness (QED) is 0.563. The zero-order valence-corrected chi connectivity index (χ0v) is 13.1. The van der Waals surface area contributed by atoms with Crippen molar-refractivity contribution >= 4 is 55.9 Å². The Morgan fingerprint density at radius 2 is 2.11 bits per heavy atom. The number of aromatic nitrogens is 1. The second kappa shape index (κ2) is 5.83. The molecular formula is C12H7BrFIN2O2. The molecule has 0 aliphatic carbocycles. The first kappa shape index (κ1) is 14.2. The van der Waals surface area contributed by atoms with Crippen LogP contribution in [-0.2, 0) is 0 Å². The van der Waals surface area contributed by atoms with E-state index in [1.54, 1.807) is 12.1 Å². The Bertz CT molecular complexity index is 652. The number of anilines is 2. The van der Waals surface area contributed by atoms with Gasteiger partial charge in [0.05, 0.1) is 23.1 Å². The molecule has 0 unspecified atom stereocenters. The lowest BCUT2D eigenvalue weighted by Crippen LogP contribution is -2.04. The van der Waals surface area contributed by atoms with Gasteiger partial charge in [-0.3, -0.25) is 0 Å². The van der Waals surface area contributed by atoms with E-state index in [9.17, 15) is 9.18 Å². The van der Waals surface area contributed by atoms with Crippen LogP contribution in [0.3, 0.4) is 0 Å². The highest BCUT2D eigenvalue weighted by Crippen LogP contribution is 2.25. The Morgan fingerprint density at radius 1 is 1.37 bits per heavy atom. The van der Waals surface area contributed by atoms with Crippen molar-refractivity contribution in [1.82, 2.24) is 4.98 Å². The fourth-order valence-electron chi connectivity index (χ4n) is 1.44. The minimum atomic E-state index is -1.11. The van der Waals surface area contributed by atoms with E-state index in [-0.39, 0.29) is 16.9 Å². The minimum Gasteiger partial charge on any atom is -0.478 e. The number of aromatic carboxylic acids is 1.